The van der Waals surface area contributed by atoms with E-state index in [-0.39, 0.29) is 0 Å². The number of hydrogen-bond acceptors (Lipinski definition) is 2. The molecule has 2 nitrogen and oxygen atoms in total. The maximum Gasteiger partial charge on any atom is 0.0467 e. The van der Waals surface area contributed by atoms with Crippen LogP contribution in [0.15, 0.2) is 25.3 Å². The lowest BCUT2D eigenvalue weighted by Gasteiger charge is -2.40. The Morgan fingerprint density at radius 3 is 1.76 bits per heavy atom. The van der Waals surface area contributed by atoms with Crippen molar-refractivity contribution in [2.75, 3.05) is 26.2 Å². The van der Waals surface area contributed by atoms with Crippen LogP contribution in [0.3, 0.4) is 0 Å². The van der Waals surface area contributed by atoms with Crippen molar-refractivity contribution in [2.24, 2.45) is 0 Å². The zero-order chi connectivity index (χ0) is 12.1. The molecule has 96 valence electrons. The van der Waals surface area contributed by atoms with Gasteiger partial charge in [-0.15, -0.1) is 13.2 Å². The molecular weight excluding hydrogens is 212 g/mol. The van der Waals surface area contributed by atoms with Crippen molar-refractivity contribution in [2.45, 2.75) is 44.2 Å². The molecular formula is C15H26N2. The van der Waals surface area contributed by atoms with Gasteiger partial charge in [0.25, 0.3) is 0 Å². The Balaban J connectivity index is 2.02. The number of likely N-dealkylation sites (tertiary alicyclic amines) is 2. The normalized spacial score (nSPS) is 26.6. The molecule has 0 aliphatic carbocycles. The fourth-order valence-corrected chi connectivity index (χ4v) is 3.27. The summed E-state index contributed by atoms with van der Waals surface area (Å²) in [6.07, 6.45) is 11.0. The van der Waals surface area contributed by atoms with Crippen LogP contribution in [0.25, 0.3) is 0 Å². The maximum atomic E-state index is 4.06. The molecule has 0 amide bonds. The Morgan fingerprint density at radius 1 is 0.824 bits per heavy atom. The zero-order valence-electron chi connectivity index (χ0n) is 11.0. The van der Waals surface area contributed by atoms with E-state index >= 15 is 0 Å². The van der Waals surface area contributed by atoms with Gasteiger partial charge in [-0.1, -0.05) is 18.6 Å². The van der Waals surface area contributed by atoms with Crippen LogP contribution in [0.1, 0.15) is 32.1 Å². The molecule has 17 heavy (non-hydrogen) atoms. The summed E-state index contributed by atoms with van der Waals surface area (Å²) >= 11 is 0. The first kappa shape index (κ1) is 12.8. The third kappa shape index (κ3) is 2.99. The lowest BCUT2D eigenvalue weighted by atomic mass is 10.1. The highest BCUT2D eigenvalue weighted by Crippen LogP contribution is 2.22. The third-order valence-corrected chi connectivity index (χ3v) is 4.21. The van der Waals surface area contributed by atoms with Gasteiger partial charge in [0.05, 0.1) is 0 Å². The molecule has 2 rings (SSSR count). The largest absolute Gasteiger partial charge is 0.295 e. The van der Waals surface area contributed by atoms with Crippen molar-refractivity contribution in [1.29, 1.82) is 0 Å². The quantitative estimate of drug-likeness (QED) is 0.679. The van der Waals surface area contributed by atoms with E-state index in [9.17, 15) is 0 Å². The first-order valence-electron chi connectivity index (χ1n) is 7.10. The predicted octanol–water partition coefficient (Wildman–Crippen LogP) is 2.68. The predicted molar refractivity (Wildman–Crippen MR) is 74.2 cm³/mol. The van der Waals surface area contributed by atoms with E-state index in [0.29, 0.717) is 12.1 Å². The maximum absolute atomic E-state index is 4.06. The van der Waals surface area contributed by atoms with Gasteiger partial charge in [-0.05, 0) is 51.9 Å². The summed E-state index contributed by atoms with van der Waals surface area (Å²) in [4.78, 5) is 5.18. The molecule has 0 radical (unpaired) electrons. The molecule has 0 N–H and O–H groups in total. The van der Waals surface area contributed by atoms with Gasteiger partial charge < -0.3 is 0 Å². The van der Waals surface area contributed by atoms with E-state index < -0.39 is 0 Å². The van der Waals surface area contributed by atoms with Gasteiger partial charge in [-0.2, -0.15) is 0 Å². The lowest BCUT2D eigenvalue weighted by molar-refractivity contribution is 0.125. The second kappa shape index (κ2) is 6.36. The van der Waals surface area contributed by atoms with Gasteiger partial charge in [-0.3, -0.25) is 9.80 Å². The second-order valence-electron chi connectivity index (χ2n) is 5.29. The first-order chi connectivity index (χ1) is 8.36. The molecule has 2 aliphatic heterocycles. The van der Waals surface area contributed by atoms with Crippen LogP contribution in [0.5, 0.6) is 0 Å². The highest BCUT2D eigenvalue weighted by molar-refractivity contribution is 5.06. The van der Waals surface area contributed by atoms with Crippen LogP contribution in [0.4, 0.5) is 0 Å². The Hall–Kier alpha value is -0.600. The van der Waals surface area contributed by atoms with E-state index in [1.807, 2.05) is 0 Å². The molecule has 0 aromatic rings. The van der Waals surface area contributed by atoms with E-state index in [0.717, 1.165) is 0 Å². The number of hydrogen-bond donors (Lipinski definition) is 0. The van der Waals surface area contributed by atoms with E-state index in [1.165, 1.54) is 58.3 Å². The third-order valence-electron chi connectivity index (χ3n) is 4.21. The van der Waals surface area contributed by atoms with Gasteiger partial charge in [0.2, 0.25) is 0 Å². The Morgan fingerprint density at radius 2 is 1.35 bits per heavy atom. The summed E-state index contributed by atoms with van der Waals surface area (Å²) in [7, 11) is 0. The van der Waals surface area contributed by atoms with Crippen molar-refractivity contribution in [3.63, 3.8) is 0 Å². The summed E-state index contributed by atoms with van der Waals surface area (Å²) in [5.74, 6) is 0. The standard InChI is InChI=1S/C15H26N2/c1-3-14(16-10-6-5-7-11-16)15(4-2)17-12-8-9-13-17/h3-4,14-15H,1-2,5-13H2/i10+2,12+2. The van der Waals surface area contributed by atoms with Crippen molar-refractivity contribution in [3.8, 4) is 0 Å². The fourth-order valence-electron chi connectivity index (χ4n) is 3.27. The molecule has 0 aromatic heterocycles. The molecule has 0 bridgehead atoms. The van der Waals surface area contributed by atoms with Crippen LogP contribution >= 0.6 is 0 Å². The number of piperidine rings is 1. The Kier molecular flexibility index (Phi) is 4.81. The number of rotatable bonds is 5. The Labute approximate surface area is 106 Å². The van der Waals surface area contributed by atoms with Gasteiger partial charge in [0, 0.05) is 12.1 Å². The van der Waals surface area contributed by atoms with Gasteiger partial charge >= 0.3 is 0 Å². The number of nitrogens with zero attached hydrogens (tertiary/aromatic N) is 2. The molecule has 2 heterocycles. The van der Waals surface area contributed by atoms with E-state index in [1.54, 1.807) is 0 Å². The molecule has 2 unspecified atom stereocenters. The molecule has 2 heteroatoms. The fraction of sp³-hybridized carbons (Fsp3) is 0.733. The average molecular weight is 238 g/mol. The summed E-state index contributed by atoms with van der Waals surface area (Å²) in [6, 6.07) is 0.930. The molecule has 2 saturated heterocycles. The van der Waals surface area contributed by atoms with Gasteiger partial charge in [0.15, 0.2) is 0 Å². The van der Waals surface area contributed by atoms with Crippen LogP contribution < -0.4 is 0 Å². The van der Waals surface area contributed by atoms with Crippen LogP contribution in [0.2, 0.25) is 0 Å². The molecule has 2 fully saturated rings. The van der Waals surface area contributed by atoms with Gasteiger partial charge in [0.1, 0.15) is 0 Å². The lowest BCUT2D eigenvalue weighted by Crippen LogP contribution is -2.50. The average Bonchev–Trinajstić information content (AvgIpc) is 2.90. The molecule has 0 aromatic carbocycles. The van der Waals surface area contributed by atoms with Gasteiger partial charge in [-0.25, -0.2) is 0 Å². The zero-order valence-corrected chi connectivity index (χ0v) is 11.0. The van der Waals surface area contributed by atoms with Crippen molar-refractivity contribution < 1.29 is 0 Å². The molecule has 2 aliphatic rings. The first-order valence-corrected chi connectivity index (χ1v) is 7.10. The summed E-state index contributed by atoms with van der Waals surface area (Å²) in [5.41, 5.74) is 0. The molecule has 0 saturated carbocycles. The van der Waals surface area contributed by atoms with E-state index in [4.69, 9.17) is 0 Å². The van der Waals surface area contributed by atoms with Crippen LogP contribution in [-0.4, -0.2) is 48.1 Å². The van der Waals surface area contributed by atoms with Crippen molar-refractivity contribution >= 4 is 0 Å². The van der Waals surface area contributed by atoms with Crippen molar-refractivity contribution in [1.82, 2.24) is 9.80 Å². The van der Waals surface area contributed by atoms with E-state index in [2.05, 4.69) is 35.1 Å². The second-order valence-corrected chi connectivity index (χ2v) is 5.29. The topological polar surface area (TPSA) is 6.48 Å². The summed E-state index contributed by atoms with van der Waals surface area (Å²) in [6.45, 7) is 13.0. The van der Waals surface area contributed by atoms with Crippen molar-refractivity contribution in [3.05, 3.63) is 25.3 Å². The van der Waals surface area contributed by atoms with Crippen LogP contribution in [0, 0.1) is 0 Å². The minimum absolute atomic E-state index is 0.464. The highest BCUT2D eigenvalue weighted by atomic mass is 15.6. The Bertz CT molecular complexity index is 250. The minimum Gasteiger partial charge on any atom is -0.295 e. The minimum atomic E-state index is 0.464. The molecule has 2 atom stereocenters. The monoisotopic (exact) mass is 238 g/mol. The molecule has 0 spiro atoms. The SMILES string of the molecule is C=CC(C(C=C)N1CCC[14CH2]1)N1CCCC[14CH2]1. The summed E-state index contributed by atoms with van der Waals surface area (Å²) < 4.78 is 0. The van der Waals surface area contributed by atoms with Crippen LogP contribution in [-0.2, 0) is 0 Å². The smallest absolute Gasteiger partial charge is 0.0467 e. The highest BCUT2D eigenvalue weighted by Gasteiger charge is 2.29. The summed E-state index contributed by atoms with van der Waals surface area (Å²) in [5, 5.41) is 0.